The number of primary amides is 1. The zero-order chi connectivity index (χ0) is 13.2. The Morgan fingerprint density at radius 1 is 1.33 bits per heavy atom. The molecule has 1 fully saturated rings. The van der Waals surface area contributed by atoms with Crippen LogP contribution in [0.2, 0.25) is 0 Å². The van der Waals surface area contributed by atoms with E-state index in [0.717, 1.165) is 5.56 Å². The molecule has 0 spiro atoms. The highest BCUT2D eigenvalue weighted by Gasteiger charge is 2.45. The molecule has 0 unspecified atom stereocenters. The predicted molar refractivity (Wildman–Crippen MR) is 70.4 cm³/mol. The Balaban J connectivity index is 2.37. The molecule has 5 nitrogen and oxygen atoms in total. The van der Waals surface area contributed by atoms with Crippen LogP contribution >= 0.6 is 12.2 Å². The fourth-order valence-corrected chi connectivity index (χ4v) is 2.32. The van der Waals surface area contributed by atoms with E-state index in [2.05, 4.69) is 10.6 Å². The van der Waals surface area contributed by atoms with E-state index in [-0.39, 0.29) is 23.9 Å². The summed E-state index contributed by atoms with van der Waals surface area (Å²) < 4.78 is 0. The van der Waals surface area contributed by atoms with E-state index in [4.69, 9.17) is 18.0 Å². The van der Waals surface area contributed by atoms with E-state index in [1.54, 1.807) is 0 Å². The molecule has 2 amide bonds. The Morgan fingerprint density at radius 3 is 2.50 bits per heavy atom. The monoisotopic (exact) mass is 263 g/mol. The van der Waals surface area contributed by atoms with Gasteiger partial charge in [0, 0.05) is 6.42 Å². The standard InChI is InChI=1S/C12H13N3O2S/c13-9(16)6-7-12(8-4-2-1-3-5-8)10(17)14-11(18)15-12/h1-5H,6-7H2,(H2,13,16)(H2,14,15,17,18)/t12-/m0/s1. The number of thiocarbonyl (C=S) groups is 1. The van der Waals surface area contributed by atoms with E-state index in [1.165, 1.54) is 0 Å². The number of amides is 2. The van der Waals surface area contributed by atoms with Crippen LogP contribution in [0.3, 0.4) is 0 Å². The molecule has 1 aliphatic rings. The highest BCUT2D eigenvalue weighted by Crippen LogP contribution is 2.29. The molecule has 0 saturated carbocycles. The second kappa shape index (κ2) is 4.73. The summed E-state index contributed by atoms with van der Waals surface area (Å²) in [5.74, 6) is -0.697. The van der Waals surface area contributed by atoms with Gasteiger partial charge in [-0.2, -0.15) is 0 Å². The van der Waals surface area contributed by atoms with Gasteiger partial charge in [-0.25, -0.2) is 0 Å². The summed E-state index contributed by atoms with van der Waals surface area (Å²) in [5, 5.41) is 5.78. The van der Waals surface area contributed by atoms with Crippen LogP contribution in [0.5, 0.6) is 0 Å². The van der Waals surface area contributed by atoms with Crippen molar-refractivity contribution >= 4 is 29.1 Å². The molecular formula is C12H13N3O2S. The van der Waals surface area contributed by atoms with E-state index in [1.807, 2.05) is 30.3 Å². The molecule has 1 heterocycles. The molecule has 1 atom stereocenters. The maximum Gasteiger partial charge on any atom is 0.256 e. The lowest BCUT2D eigenvalue weighted by molar-refractivity contribution is -0.125. The van der Waals surface area contributed by atoms with Gasteiger partial charge in [0.15, 0.2) is 5.11 Å². The van der Waals surface area contributed by atoms with E-state index in [0.29, 0.717) is 0 Å². The Kier molecular flexibility index (Phi) is 3.29. The molecule has 1 saturated heterocycles. The normalized spacial score (nSPS) is 22.4. The Labute approximate surface area is 110 Å². The molecule has 18 heavy (non-hydrogen) atoms. The third kappa shape index (κ3) is 2.19. The zero-order valence-corrected chi connectivity index (χ0v) is 10.4. The number of hydrogen-bond acceptors (Lipinski definition) is 3. The maximum absolute atomic E-state index is 12.1. The molecular weight excluding hydrogens is 250 g/mol. The number of carbonyl (C=O) groups is 2. The van der Waals surface area contributed by atoms with Crippen LogP contribution in [0.4, 0.5) is 0 Å². The fourth-order valence-electron chi connectivity index (χ4n) is 2.05. The number of carbonyl (C=O) groups excluding carboxylic acids is 2. The van der Waals surface area contributed by atoms with E-state index >= 15 is 0 Å². The number of hydrogen-bond donors (Lipinski definition) is 3. The number of rotatable bonds is 4. The predicted octanol–water partition coefficient (Wildman–Crippen LogP) is 0.152. The van der Waals surface area contributed by atoms with E-state index in [9.17, 15) is 9.59 Å². The van der Waals surface area contributed by atoms with Crippen LogP contribution in [0.15, 0.2) is 30.3 Å². The average molecular weight is 263 g/mol. The van der Waals surface area contributed by atoms with Crippen molar-refractivity contribution in [3.63, 3.8) is 0 Å². The van der Waals surface area contributed by atoms with Crippen molar-refractivity contribution in [3.8, 4) is 0 Å². The lowest BCUT2D eigenvalue weighted by atomic mass is 9.85. The van der Waals surface area contributed by atoms with Crippen LogP contribution in [0.25, 0.3) is 0 Å². The molecule has 1 aromatic rings. The van der Waals surface area contributed by atoms with E-state index < -0.39 is 11.4 Å². The van der Waals surface area contributed by atoms with Gasteiger partial charge in [0.1, 0.15) is 5.54 Å². The molecule has 94 valence electrons. The summed E-state index contributed by atoms with van der Waals surface area (Å²) in [6.45, 7) is 0. The minimum absolute atomic E-state index is 0.109. The Morgan fingerprint density at radius 2 is 2.00 bits per heavy atom. The molecule has 4 N–H and O–H groups in total. The minimum Gasteiger partial charge on any atom is -0.370 e. The third-order valence-electron chi connectivity index (χ3n) is 2.95. The van der Waals surface area contributed by atoms with Crippen LogP contribution < -0.4 is 16.4 Å². The SMILES string of the molecule is NC(=O)CC[C@@]1(c2ccccc2)NC(=S)NC1=O. The Bertz CT molecular complexity index is 503. The largest absolute Gasteiger partial charge is 0.370 e. The lowest BCUT2D eigenvalue weighted by Gasteiger charge is -2.26. The molecule has 2 rings (SSSR count). The second-order valence-corrected chi connectivity index (χ2v) is 4.55. The number of nitrogens with one attached hydrogen (secondary N) is 2. The van der Waals surface area contributed by atoms with Crippen LogP contribution in [0.1, 0.15) is 18.4 Å². The maximum atomic E-state index is 12.1. The van der Waals surface area contributed by atoms with Gasteiger partial charge in [0.05, 0.1) is 0 Å². The van der Waals surface area contributed by atoms with Gasteiger partial charge >= 0.3 is 0 Å². The van der Waals surface area contributed by atoms with Crippen molar-refractivity contribution in [3.05, 3.63) is 35.9 Å². The van der Waals surface area contributed by atoms with Crippen molar-refractivity contribution in [1.29, 1.82) is 0 Å². The summed E-state index contributed by atoms with van der Waals surface area (Å²) in [5.41, 5.74) is 4.93. The molecule has 0 bridgehead atoms. The van der Waals surface area contributed by atoms with Gasteiger partial charge in [0.25, 0.3) is 5.91 Å². The molecule has 0 radical (unpaired) electrons. The van der Waals surface area contributed by atoms with Gasteiger partial charge < -0.3 is 16.4 Å². The van der Waals surface area contributed by atoms with Crippen molar-refractivity contribution in [1.82, 2.24) is 10.6 Å². The molecule has 1 aromatic carbocycles. The smallest absolute Gasteiger partial charge is 0.256 e. The second-order valence-electron chi connectivity index (χ2n) is 4.15. The molecule has 0 aliphatic carbocycles. The lowest BCUT2D eigenvalue weighted by Crippen LogP contribution is -2.44. The first kappa shape index (κ1) is 12.5. The van der Waals surface area contributed by atoms with Gasteiger partial charge in [-0.1, -0.05) is 30.3 Å². The topological polar surface area (TPSA) is 84.2 Å². The van der Waals surface area contributed by atoms with Crippen molar-refractivity contribution in [2.45, 2.75) is 18.4 Å². The van der Waals surface area contributed by atoms with Gasteiger partial charge in [-0.15, -0.1) is 0 Å². The van der Waals surface area contributed by atoms with Gasteiger partial charge in [-0.3, -0.25) is 9.59 Å². The van der Waals surface area contributed by atoms with Gasteiger partial charge in [-0.05, 0) is 24.2 Å². The summed E-state index contributed by atoms with van der Waals surface area (Å²) in [7, 11) is 0. The highest BCUT2D eigenvalue weighted by molar-refractivity contribution is 7.80. The third-order valence-corrected chi connectivity index (χ3v) is 3.16. The van der Waals surface area contributed by atoms with Crippen LogP contribution in [-0.2, 0) is 15.1 Å². The van der Waals surface area contributed by atoms with Gasteiger partial charge in [0.2, 0.25) is 5.91 Å². The highest BCUT2D eigenvalue weighted by atomic mass is 32.1. The number of benzene rings is 1. The number of nitrogens with two attached hydrogens (primary N) is 1. The van der Waals surface area contributed by atoms with Crippen molar-refractivity contribution < 1.29 is 9.59 Å². The van der Waals surface area contributed by atoms with Crippen molar-refractivity contribution in [2.24, 2.45) is 5.73 Å². The first-order valence-electron chi connectivity index (χ1n) is 5.52. The molecule has 0 aromatic heterocycles. The van der Waals surface area contributed by atoms with Crippen LogP contribution in [-0.4, -0.2) is 16.9 Å². The van der Waals surface area contributed by atoms with Crippen molar-refractivity contribution in [2.75, 3.05) is 0 Å². The summed E-state index contributed by atoms with van der Waals surface area (Å²) in [6, 6.07) is 9.16. The Hall–Kier alpha value is -1.95. The first-order chi connectivity index (χ1) is 8.54. The van der Waals surface area contributed by atoms with Crippen LogP contribution in [0, 0.1) is 0 Å². The summed E-state index contributed by atoms with van der Waals surface area (Å²) >= 11 is 4.97. The molecule has 1 aliphatic heterocycles. The quantitative estimate of drug-likeness (QED) is 0.675. The summed E-state index contributed by atoms with van der Waals surface area (Å²) in [6.07, 6.45) is 0.385. The fraction of sp³-hybridized carbons (Fsp3) is 0.250. The first-order valence-corrected chi connectivity index (χ1v) is 5.93. The molecule has 6 heteroatoms. The zero-order valence-electron chi connectivity index (χ0n) is 9.60. The minimum atomic E-state index is -0.993. The summed E-state index contributed by atoms with van der Waals surface area (Å²) in [4.78, 5) is 23.1. The average Bonchev–Trinajstić information content (AvgIpc) is 2.64.